The summed E-state index contributed by atoms with van der Waals surface area (Å²) in [7, 11) is 0. The van der Waals surface area contributed by atoms with Crippen LogP contribution in [0, 0.1) is 23.7 Å². The first kappa shape index (κ1) is 20.3. The summed E-state index contributed by atoms with van der Waals surface area (Å²) in [6, 6.07) is 0. The van der Waals surface area contributed by atoms with Gasteiger partial charge in [0, 0.05) is 30.1 Å². The predicted octanol–water partition coefficient (Wildman–Crippen LogP) is -1.39. The molecule has 0 fully saturated rings. The van der Waals surface area contributed by atoms with Crippen LogP contribution in [0.25, 0.3) is 0 Å². The van der Waals surface area contributed by atoms with E-state index < -0.39 is 29.7 Å². The Morgan fingerprint density at radius 3 is 1.83 bits per heavy atom. The average molecular weight is 336 g/mol. The summed E-state index contributed by atoms with van der Waals surface area (Å²) in [6.07, 6.45) is 0.406. The van der Waals surface area contributed by atoms with E-state index in [4.69, 9.17) is 10.2 Å². The van der Waals surface area contributed by atoms with E-state index in [0.717, 1.165) is 0 Å². The number of hydrogen-bond donors (Lipinski definition) is 2. The number of rotatable bonds is 4. The summed E-state index contributed by atoms with van der Waals surface area (Å²) >= 11 is 0. The molecule has 10 nitrogen and oxygen atoms in total. The van der Waals surface area contributed by atoms with Gasteiger partial charge in [0.1, 0.15) is 0 Å². The van der Waals surface area contributed by atoms with Gasteiger partial charge < -0.3 is 10.2 Å². The lowest BCUT2D eigenvalue weighted by atomic mass is 10.2. The van der Waals surface area contributed by atoms with Gasteiger partial charge in [-0.15, -0.1) is 0 Å². The van der Waals surface area contributed by atoms with Gasteiger partial charge in [0.25, 0.3) is 0 Å². The molecular formula is C14H12N2O8. The lowest BCUT2D eigenvalue weighted by Crippen LogP contribution is -2.51. The molecule has 0 aliphatic carbocycles. The van der Waals surface area contributed by atoms with Crippen LogP contribution < -0.4 is 0 Å². The molecule has 0 aromatic heterocycles. The Morgan fingerprint density at radius 1 is 0.917 bits per heavy atom. The van der Waals surface area contributed by atoms with Crippen molar-refractivity contribution in [3.8, 4) is 23.7 Å². The first-order valence-electron chi connectivity index (χ1n) is 6.39. The quantitative estimate of drug-likeness (QED) is 0.362. The van der Waals surface area contributed by atoms with Gasteiger partial charge in [-0.05, 0) is 6.42 Å². The van der Waals surface area contributed by atoms with E-state index in [0.29, 0.717) is 12.8 Å². The molecule has 10 heteroatoms. The number of carboxylic acids is 2. The van der Waals surface area contributed by atoms with Gasteiger partial charge in [-0.1, -0.05) is 13.3 Å². The van der Waals surface area contributed by atoms with Gasteiger partial charge in [-0.2, -0.15) is 10.0 Å². The largest absolute Gasteiger partial charge is 0.472 e. The highest BCUT2D eigenvalue weighted by Gasteiger charge is 2.30. The minimum atomic E-state index is -1.67. The van der Waals surface area contributed by atoms with Crippen LogP contribution in [0.15, 0.2) is 0 Å². The van der Waals surface area contributed by atoms with Crippen molar-refractivity contribution in [3.05, 3.63) is 0 Å². The maximum absolute atomic E-state index is 12.0. The highest BCUT2D eigenvalue weighted by molar-refractivity contribution is 6.12. The molecule has 0 spiro atoms. The molecule has 126 valence electrons. The van der Waals surface area contributed by atoms with E-state index in [-0.39, 0.29) is 22.8 Å². The third-order valence-corrected chi connectivity index (χ3v) is 2.25. The van der Waals surface area contributed by atoms with Gasteiger partial charge in [0.05, 0.1) is 0 Å². The van der Waals surface area contributed by atoms with Gasteiger partial charge in [-0.25, -0.2) is 9.59 Å². The van der Waals surface area contributed by atoms with E-state index >= 15 is 0 Å². The topological polar surface area (TPSA) is 149 Å². The molecule has 0 heterocycles. The number of carbonyl (C=O) groups is 6. The fourth-order valence-corrected chi connectivity index (χ4v) is 1.28. The molecule has 0 aromatic carbocycles. The molecule has 0 bridgehead atoms. The van der Waals surface area contributed by atoms with Crippen LogP contribution in [-0.4, -0.2) is 56.3 Å². The molecule has 4 amide bonds. The monoisotopic (exact) mass is 336 g/mol. The summed E-state index contributed by atoms with van der Waals surface area (Å²) < 4.78 is 0. The number of unbranched alkanes of at least 4 members (excludes halogenated alkanes) is 1. The number of carbonyl (C=O) groups excluding carboxylic acids is 4. The highest BCUT2D eigenvalue weighted by Crippen LogP contribution is 2.05. The Labute approximate surface area is 136 Å². The number of hydrazine groups is 1. The molecule has 0 aliphatic heterocycles. The minimum absolute atomic E-state index is 0.0253. The van der Waals surface area contributed by atoms with Crippen molar-refractivity contribution in [1.82, 2.24) is 10.0 Å². The van der Waals surface area contributed by atoms with Crippen molar-refractivity contribution in [2.75, 3.05) is 0 Å². The highest BCUT2D eigenvalue weighted by atomic mass is 16.4. The molecular weight excluding hydrogens is 324 g/mol. The third kappa shape index (κ3) is 6.87. The molecule has 24 heavy (non-hydrogen) atoms. The Kier molecular flexibility index (Phi) is 8.59. The third-order valence-electron chi connectivity index (χ3n) is 2.25. The van der Waals surface area contributed by atoms with Gasteiger partial charge >= 0.3 is 23.8 Å². The van der Waals surface area contributed by atoms with Crippen molar-refractivity contribution >= 4 is 36.1 Å². The van der Waals surface area contributed by atoms with Crippen LogP contribution in [0.1, 0.15) is 26.2 Å². The van der Waals surface area contributed by atoms with Crippen LogP contribution in [0.4, 0.5) is 0 Å². The van der Waals surface area contributed by atoms with Gasteiger partial charge in [0.2, 0.25) is 12.3 Å². The van der Waals surface area contributed by atoms with Crippen molar-refractivity contribution in [1.29, 1.82) is 0 Å². The first-order chi connectivity index (χ1) is 11.2. The second kappa shape index (κ2) is 10.1. The Hall–Kier alpha value is -3.66. The number of carboxylic acid groups (broad SMARTS) is 2. The molecule has 2 N–H and O–H groups in total. The normalized spacial score (nSPS) is 8.54. The Bertz CT molecular complexity index is 689. The van der Waals surface area contributed by atoms with E-state index in [1.807, 2.05) is 0 Å². The number of imide groups is 2. The minimum Gasteiger partial charge on any atom is -0.472 e. The maximum atomic E-state index is 12.0. The predicted molar refractivity (Wildman–Crippen MR) is 75.1 cm³/mol. The SMILES string of the molecule is CCCCC(=O)N(C(=O)C#CC(=O)O)N(C=O)C(=O)C#CC(=O)O. The van der Waals surface area contributed by atoms with Crippen molar-refractivity contribution in [2.24, 2.45) is 0 Å². The fourth-order valence-electron chi connectivity index (χ4n) is 1.28. The van der Waals surface area contributed by atoms with Crippen LogP contribution in [0.2, 0.25) is 0 Å². The molecule has 0 saturated heterocycles. The number of amides is 4. The summed E-state index contributed by atoms with van der Waals surface area (Å²) in [5.41, 5.74) is 0. The van der Waals surface area contributed by atoms with Gasteiger partial charge in [0.15, 0.2) is 0 Å². The molecule has 0 aliphatic rings. The van der Waals surface area contributed by atoms with Crippen molar-refractivity contribution in [3.63, 3.8) is 0 Å². The zero-order valence-electron chi connectivity index (χ0n) is 12.4. The summed E-state index contributed by atoms with van der Waals surface area (Å²) in [5, 5.41) is 16.7. The molecule has 0 atom stereocenters. The van der Waals surface area contributed by atoms with E-state index in [1.54, 1.807) is 12.8 Å². The van der Waals surface area contributed by atoms with E-state index in [1.165, 1.54) is 17.8 Å². The zero-order valence-corrected chi connectivity index (χ0v) is 12.4. The number of nitrogens with zero attached hydrogens (tertiary/aromatic N) is 2. The van der Waals surface area contributed by atoms with Crippen molar-refractivity contribution < 1.29 is 39.0 Å². The second-order valence-electron chi connectivity index (χ2n) is 3.98. The second-order valence-corrected chi connectivity index (χ2v) is 3.98. The summed E-state index contributed by atoms with van der Waals surface area (Å²) in [5.74, 6) is -1.28. The van der Waals surface area contributed by atoms with Crippen LogP contribution in [0.5, 0.6) is 0 Å². The number of aliphatic carboxylic acids is 2. The molecule has 0 unspecified atom stereocenters. The van der Waals surface area contributed by atoms with E-state index in [2.05, 4.69) is 0 Å². The molecule has 0 radical (unpaired) electrons. The first-order valence-corrected chi connectivity index (χ1v) is 6.39. The molecule has 0 saturated carbocycles. The van der Waals surface area contributed by atoms with Gasteiger partial charge in [-0.3, -0.25) is 19.2 Å². The zero-order chi connectivity index (χ0) is 18.7. The van der Waals surface area contributed by atoms with Crippen LogP contribution in [0.3, 0.4) is 0 Å². The van der Waals surface area contributed by atoms with Crippen LogP contribution >= 0.6 is 0 Å². The molecule has 0 aromatic rings. The van der Waals surface area contributed by atoms with E-state index in [9.17, 15) is 28.8 Å². The maximum Gasteiger partial charge on any atom is 0.382 e. The average Bonchev–Trinajstić information content (AvgIpc) is 2.52. The Balaban J connectivity index is 5.73. The van der Waals surface area contributed by atoms with Crippen molar-refractivity contribution in [2.45, 2.75) is 26.2 Å². The number of hydrogen-bond acceptors (Lipinski definition) is 6. The summed E-state index contributed by atoms with van der Waals surface area (Å²) in [4.78, 5) is 67.2. The fraction of sp³-hybridized carbons (Fsp3) is 0.286. The molecule has 0 rings (SSSR count). The standard InChI is InChI=1S/C14H12N2O8/c1-2-3-4-11(19)16(12(20)6-8-14(23)24)15(9-17)10(18)5-7-13(21)22/h9H,2-4H2,1H3,(H,21,22)(H,23,24). The smallest absolute Gasteiger partial charge is 0.382 e. The lowest BCUT2D eigenvalue weighted by molar-refractivity contribution is -0.170. The lowest BCUT2D eigenvalue weighted by Gasteiger charge is -2.24. The summed E-state index contributed by atoms with van der Waals surface area (Å²) in [6.45, 7) is 1.74. The Morgan fingerprint density at radius 2 is 1.42 bits per heavy atom. The van der Waals surface area contributed by atoms with Crippen LogP contribution in [-0.2, 0) is 28.8 Å².